The first-order chi connectivity index (χ1) is 9.08. The van der Waals surface area contributed by atoms with Gasteiger partial charge in [-0.2, -0.15) is 0 Å². The molecule has 106 valence electrons. The molecule has 0 amide bonds. The second kappa shape index (κ2) is 7.95. The predicted molar refractivity (Wildman–Crippen MR) is 78.3 cm³/mol. The lowest BCUT2D eigenvalue weighted by Crippen LogP contribution is -2.47. The van der Waals surface area contributed by atoms with Crippen molar-refractivity contribution in [3.63, 3.8) is 0 Å². The number of carboxylic acids is 1. The van der Waals surface area contributed by atoms with E-state index in [0.717, 1.165) is 25.7 Å². The molecule has 1 aromatic rings. The highest BCUT2D eigenvalue weighted by molar-refractivity contribution is 5.78. The summed E-state index contributed by atoms with van der Waals surface area (Å²) >= 11 is 0. The van der Waals surface area contributed by atoms with Crippen LogP contribution in [0.5, 0.6) is 0 Å². The van der Waals surface area contributed by atoms with Crippen molar-refractivity contribution in [2.45, 2.75) is 51.0 Å². The molecule has 2 N–H and O–H groups in total. The van der Waals surface area contributed by atoms with Crippen LogP contribution in [-0.2, 0) is 11.2 Å². The Morgan fingerprint density at radius 3 is 2.37 bits per heavy atom. The van der Waals surface area contributed by atoms with Crippen LogP contribution in [0.25, 0.3) is 0 Å². The van der Waals surface area contributed by atoms with Crippen molar-refractivity contribution in [1.29, 1.82) is 0 Å². The average molecular weight is 263 g/mol. The molecule has 0 aliphatic carbocycles. The molecule has 3 heteroatoms. The van der Waals surface area contributed by atoms with Crippen LogP contribution >= 0.6 is 0 Å². The van der Waals surface area contributed by atoms with Gasteiger partial charge in [-0.05, 0) is 38.8 Å². The van der Waals surface area contributed by atoms with E-state index in [4.69, 9.17) is 5.11 Å². The van der Waals surface area contributed by atoms with E-state index < -0.39 is 11.5 Å². The van der Waals surface area contributed by atoms with E-state index in [-0.39, 0.29) is 0 Å². The number of likely N-dealkylation sites (N-methyl/N-ethyl adjacent to an activating group) is 1. The summed E-state index contributed by atoms with van der Waals surface area (Å²) in [6.07, 6.45) is 6.19. The number of rotatable bonds is 9. The van der Waals surface area contributed by atoms with Crippen molar-refractivity contribution < 1.29 is 9.90 Å². The van der Waals surface area contributed by atoms with Gasteiger partial charge in [-0.15, -0.1) is 0 Å². The molecule has 3 nitrogen and oxygen atoms in total. The number of hydrogen-bond acceptors (Lipinski definition) is 2. The fraction of sp³-hybridized carbons (Fsp3) is 0.562. The Morgan fingerprint density at radius 2 is 1.79 bits per heavy atom. The number of nitrogens with one attached hydrogen (secondary N) is 1. The molecule has 0 fully saturated rings. The van der Waals surface area contributed by atoms with E-state index in [9.17, 15) is 4.79 Å². The molecule has 1 atom stereocenters. The number of unbranched alkanes of at least 4 members (excludes halogenated alkanes) is 3. The third-order valence-electron chi connectivity index (χ3n) is 3.76. The molecule has 0 aliphatic heterocycles. The quantitative estimate of drug-likeness (QED) is 0.672. The molecule has 1 aromatic carbocycles. The summed E-state index contributed by atoms with van der Waals surface area (Å²) in [4.78, 5) is 11.1. The summed E-state index contributed by atoms with van der Waals surface area (Å²) in [5.74, 6) is -0.765. The topological polar surface area (TPSA) is 49.3 Å². The maximum atomic E-state index is 11.1. The van der Waals surface area contributed by atoms with Crippen LogP contribution < -0.4 is 5.32 Å². The summed E-state index contributed by atoms with van der Waals surface area (Å²) in [5, 5.41) is 12.0. The molecule has 0 aromatic heterocycles. The van der Waals surface area contributed by atoms with Gasteiger partial charge in [-0.3, -0.25) is 4.79 Å². The number of carboxylic acid groups (broad SMARTS) is 1. The van der Waals surface area contributed by atoms with Crippen LogP contribution in [-0.4, -0.2) is 23.7 Å². The molecule has 0 saturated heterocycles. The molecule has 0 aliphatic rings. The molecule has 0 bridgehead atoms. The van der Waals surface area contributed by atoms with Gasteiger partial charge >= 0.3 is 5.97 Å². The Bertz CT molecular complexity index is 378. The van der Waals surface area contributed by atoms with Crippen molar-refractivity contribution in [3.05, 3.63) is 35.9 Å². The van der Waals surface area contributed by atoms with Gasteiger partial charge in [-0.25, -0.2) is 0 Å². The van der Waals surface area contributed by atoms with Gasteiger partial charge in [0.05, 0.1) is 0 Å². The molecule has 0 saturated carbocycles. The summed E-state index contributed by atoms with van der Waals surface area (Å²) in [6, 6.07) is 10.5. The van der Waals surface area contributed by atoms with E-state index in [0.29, 0.717) is 6.42 Å². The lowest BCUT2D eigenvalue weighted by atomic mass is 9.94. The highest BCUT2D eigenvalue weighted by Crippen LogP contribution is 2.16. The van der Waals surface area contributed by atoms with Crippen molar-refractivity contribution in [3.8, 4) is 0 Å². The minimum absolute atomic E-state index is 0.685. The van der Waals surface area contributed by atoms with Gasteiger partial charge in [0.25, 0.3) is 0 Å². The molecule has 1 unspecified atom stereocenters. The van der Waals surface area contributed by atoms with Crippen molar-refractivity contribution >= 4 is 5.97 Å². The SMILES string of the molecule is CNC(C)(CCCCCCc1ccccc1)C(=O)O. The summed E-state index contributed by atoms with van der Waals surface area (Å²) in [5.41, 5.74) is 0.604. The Hall–Kier alpha value is -1.35. The maximum absolute atomic E-state index is 11.1. The predicted octanol–water partition coefficient (Wildman–Crippen LogP) is 3.24. The highest BCUT2D eigenvalue weighted by atomic mass is 16.4. The van der Waals surface area contributed by atoms with Crippen molar-refractivity contribution in [2.24, 2.45) is 0 Å². The first-order valence-electron chi connectivity index (χ1n) is 7.05. The zero-order chi connectivity index (χ0) is 14.1. The van der Waals surface area contributed by atoms with Crippen LogP contribution in [0.15, 0.2) is 30.3 Å². The molecular formula is C16H25NO2. The molecule has 1 rings (SSSR count). The maximum Gasteiger partial charge on any atom is 0.323 e. The lowest BCUT2D eigenvalue weighted by molar-refractivity contribution is -0.144. The van der Waals surface area contributed by atoms with Crippen molar-refractivity contribution in [1.82, 2.24) is 5.32 Å². The summed E-state index contributed by atoms with van der Waals surface area (Å²) in [7, 11) is 1.71. The van der Waals surface area contributed by atoms with Gasteiger partial charge in [0.2, 0.25) is 0 Å². The van der Waals surface area contributed by atoms with Crippen LogP contribution in [0, 0.1) is 0 Å². The molecule has 0 radical (unpaired) electrons. The zero-order valence-electron chi connectivity index (χ0n) is 12.0. The molecular weight excluding hydrogens is 238 g/mol. The second-order valence-corrected chi connectivity index (χ2v) is 5.29. The van der Waals surface area contributed by atoms with E-state index >= 15 is 0 Å². The minimum atomic E-state index is -0.778. The van der Waals surface area contributed by atoms with Gasteiger partial charge in [-0.1, -0.05) is 49.6 Å². The molecule has 0 heterocycles. The van der Waals surface area contributed by atoms with Gasteiger partial charge in [0.15, 0.2) is 0 Å². The van der Waals surface area contributed by atoms with E-state index in [1.165, 1.54) is 12.0 Å². The Morgan fingerprint density at radius 1 is 1.16 bits per heavy atom. The first kappa shape index (κ1) is 15.7. The zero-order valence-corrected chi connectivity index (χ0v) is 12.0. The van der Waals surface area contributed by atoms with Gasteiger partial charge in [0, 0.05) is 0 Å². The minimum Gasteiger partial charge on any atom is -0.480 e. The first-order valence-corrected chi connectivity index (χ1v) is 7.05. The third kappa shape index (κ3) is 5.43. The Labute approximate surface area is 116 Å². The van der Waals surface area contributed by atoms with Crippen LogP contribution in [0.1, 0.15) is 44.6 Å². The van der Waals surface area contributed by atoms with E-state index in [2.05, 4.69) is 29.6 Å². The van der Waals surface area contributed by atoms with Crippen LogP contribution in [0.2, 0.25) is 0 Å². The summed E-state index contributed by atoms with van der Waals surface area (Å²) < 4.78 is 0. The monoisotopic (exact) mass is 263 g/mol. The van der Waals surface area contributed by atoms with E-state index in [1.807, 2.05) is 6.07 Å². The Balaban J connectivity index is 2.13. The lowest BCUT2D eigenvalue weighted by Gasteiger charge is -2.23. The normalized spacial score (nSPS) is 14.0. The fourth-order valence-corrected chi connectivity index (χ4v) is 2.14. The number of carbonyl (C=O) groups is 1. The largest absolute Gasteiger partial charge is 0.480 e. The number of aryl methyl sites for hydroxylation is 1. The van der Waals surface area contributed by atoms with Crippen molar-refractivity contribution in [2.75, 3.05) is 7.05 Å². The molecule has 19 heavy (non-hydrogen) atoms. The Kier molecular flexibility index (Phi) is 6.57. The smallest absolute Gasteiger partial charge is 0.323 e. The number of benzene rings is 1. The third-order valence-corrected chi connectivity index (χ3v) is 3.76. The van der Waals surface area contributed by atoms with Crippen LogP contribution in [0.4, 0.5) is 0 Å². The molecule has 0 spiro atoms. The standard InChI is InChI=1S/C16H25NO2/c1-16(17-2,15(18)19)13-9-4-3-6-10-14-11-7-5-8-12-14/h5,7-8,11-12,17H,3-4,6,9-10,13H2,1-2H3,(H,18,19). The second-order valence-electron chi connectivity index (χ2n) is 5.29. The number of aliphatic carboxylic acids is 1. The summed E-state index contributed by atoms with van der Waals surface area (Å²) in [6.45, 7) is 1.75. The fourth-order valence-electron chi connectivity index (χ4n) is 2.14. The van der Waals surface area contributed by atoms with Crippen LogP contribution in [0.3, 0.4) is 0 Å². The van der Waals surface area contributed by atoms with E-state index in [1.54, 1.807) is 14.0 Å². The van der Waals surface area contributed by atoms with Gasteiger partial charge in [0.1, 0.15) is 5.54 Å². The van der Waals surface area contributed by atoms with Gasteiger partial charge < -0.3 is 10.4 Å². The highest BCUT2D eigenvalue weighted by Gasteiger charge is 2.29. The average Bonchev–Trinajstić information content (AvgIpc) is 2.43. The number of hydrogen-bond donors (Lipinski definition) is 2.